The van der Waals surface area contributed by atoms with Crippen molar-refractivity contribution in [1.82, 2.24) is 30.7 Å². The van der Waals surface area contributed by atoms with Crippen molar-refractivity contribution in [2.75, 3.05) is 45.2 Å². The number of aliphatic carboxylic acids is 1. The van der Waals surface area contributed by atoms with Gasteiger partial charge in [0.05, 0.1) is 42.5 Å². The molecule has 2 unspecified atom stereocenters. The summed E-state index contributed by atoms with van der Waals surface area (Å²) in [5, 5.41) is 53.0. The van der Waals surface area contributed by atoms with Crippen LogP contribution in [0.3, 0.4) is 0 Å². The summed E-state index contributed by atoms with van der Waals surface area (Å²) in [5.74, 6) is -5.13. The van der Waals surface area contributed by atoms with Gasteiger partial charge in [-0.3, -0.25) is 38.5 Å². The van der Waals surface area contributed by atoms with Gasteiger partial charge >= 0.3 is 30.2 Å². The number of esters is 1. The zero-order valence-corrected chi connectivity index (χ0v) is 55.0. The van der Waals surface area contributed by atoms with E-state index in [-0.39, 0.29) is 127 Å². The molecule has 4 aliphatic rings. The average Bonchev–Trinajstić information content (AvgIpc) is 1.74. The first-order valence-electron chi connectivity index (χ1n) is 32.1. The van der Waals surface area contributed by atoms with Crippen molar-refractivity contribution in [1.29, 1.82) is 0 Å². The number of benzene rings is 1. The zero-order chi connectivity index (χ0) is 68.7. The number of epoxide rings is 1. The van der Waals surface area contributed by atoms with Crippen molar-refractivity contribution < 1.29 is 92.1 Å². The van der Waals surface area contributed by atoms with Gasteiger partial charge in [0, 0.05) is 88.8 Å². The van der Waals surface area contributed by atoms with Gasteiger partial charge in [-0.15, -0.1) is 0 Å². The first-order valence-corrected chi connectivity index (χ1v) is 32.1. The molecule has 27 heteroatoms. The Bertz CT molecular complexity index is 2860. The molecule has 0 aromatic heterocycles. The summed E-state index contributed by atoms with van der Waals surface area (Å²) >= 11 is 0. The van der Waals surface area contributed by atoms with Gasteiger partial charge in [-0.2, -0.15) is 0 Å². The number of ether oxygens (including phenoxy) is 5. The molecule has 1 aromatic rings. The van der Waals surface area contributed by atoms with Gasteiger partial charge in [0.15, 0.2) is 6.10 Å². The van der Waals surface area contributed by atoms with E-state index in [2.05, 4.69) is 21.3 Å². The van der Waals surface area contributed by atoms with Gasteiger partial charge in [-0.05, 0) is 107 Å². The molecule has 1 aromatic carbocycles. The van der Waals surface area contributed by atoms with E-state index in [4.69, 9.17) is 29.4 Å². The van der Waals surface area contributed by atoms with E-state index in [0.29, 0.717) is 48.9 Å². The number of rotatable bonds is 31. The lowest BCUT2D eigenvalue weighted by molar-refractivity contribution is -0.152. The summed E-state index contributed by atoms with van der Waals surface area (Å²) in [6.07, 6.45) is 7.59. The largest absolute Gasteiger partial charge is 0.481 e. The molecule has 27 nitrogen and oxygen atoms in total. The number of aliphatic hydroxyl groups is 3. The Labute approximate surface area is 544 Å². The normalized spacial score (nSPS) is 25.1. The quantitative estimate of drug-likeness (QED) is 0.00893. The number of amides is 9. The Morgan fingerprint density at radius 2 is 1.63 bits per heavy atom. The van der Waals surface area contributed by atoms with E-state index in [9.17, 15) is 68.4 Å². The van der Waals surface area contributed by atoms with E-state index in [1.54, 1.807) is 89.3 Å². The van der Waals surface area contributed by atoms with E-state index < -0.39 is 108 Å². The van der Waals surface area contributed by atoms with Gasteiger partial charge < -0.3 is 80.9 Å². The number of piperazine rings is 1. The van der Waals surface area contributed by atoms with Crippen LogP contribution in [-0.2, 0) is 63.9 Å². The Hall–Kier alpha value is -7.72. The lowest BCUT2D eigenvalue weighted by Crippen LogP contribution is -2.57. The number of hydrogen-bond acceptors (Lipinski definition) is 18. The number of allylic oxidation sites excluding steroid dienone is 2. The summed E-state index contributed by atoms with van der Waals surface area (Å²) in [4.78, 5) is 133. The number of carboxylic acids is 1. The predicted molar refractivity (Wildman–Crippen MR) is 340 cm³/mol. The van der Waals surface area contributed by atoms with Gasteiger partial charge in [-0.1, -0.05) is 77.5 Å². The van der Waals surface area contributed by atoms with Crippen LogP contribution in [0, 0.1) is 17.8 Å². The van der Waals surface area contributed by atoms with Crippen molar-refractivity contribution >= 4 is 65.4 Å². The molecule has 2 fully saturated rings. The summed E-state index contributed by atoms with van der Waals surface area (Å²) in [5.41, 5.74) is 4.19. The van der Waals surface area contributed by atoms with E-state index in [1.165, 1.54) is 29.1 Å². The third kappa shape index (κ3) is 24.3. The highest BCUT2D eigenvalue weighted by molar-refractivity contribution is 6.12. The Morgan fingerprint density at radius 3 is 2.28 bits per heavy atom. The number of urea groups is 1. The van der Waals surface area contributed by atoms with Crippen molar-refractivity contribution in [2.24, 2.45) is 23.5 Å². The first-order chi connectivity index (χ1) is 43.9. The molecule has 0 aliphatic carbocycles. The fourth-order valence-electron chi connectivity index (χ4n) is 11.3. The molecule has 516 valence electrons. The summed E-state index contributed by atoms with van der Waals surface area (Å²) in [6.45, 7) is 14.1. The standard InChI is InChI=1S/C66H98N8O19/c1-10-49(76)43(6)59-50(91-59)37-65(7,88)30-14-16-41(4)58-42(5)19-25-51(66(8,89-9)31-29-47(75)36-56(82)93-58)92-63(86)72-34-35-73(46(38-72)24-28-55(80)81)64(87)90-39-44-20-22-45(23-21-44)69-60(83)48(17-15-32-68-62(67)85)70-61(84)57(40(2)3)71-52(77)18-12-11-13-33-74-53(78)26-27-54(74)79/h14,16,19-23,25-27,30,40,42-43,46-51,57-59,75-76,88H,10-13,15,17-18,24,28-29,31-39H2,1-9H3,(H,69,83)(H,70,84)(H,71,77)(H,80,81)(H3,67,68,85)/b25-19+,30-14+,41-16+/t42-,43+,46?,47+,48-,49-,50+,51-,57-,58+,59+,65?,66+/m0/s1. The maximum atomic E-state index is 14.3. The number of primary amides is 1. The minimum absolute atomic E-state index is 0.0243. The van der Waals surface area contributed by atoms with Crippen molar-refractivity contribution in [3.8, 4) is 0 Å². The molecule has 4 aliphatic heterocycles. The third-order valence-corrected chi connectivity index (χ3v) is 17.3. The van der Waals surface area contributed by atoms with Crippen LogP contribution in [0.2, 0.25) is 0 Å². The SMILES string of the molecule is CC[C@H](O)[C@@H](C)[C@H]1O[C@@H]1CC(C)(O)/C=C/C=C(\C)[C@H]1OC(=O)C[C@H](O)CC[C@@](C)(OC)[C@@H](OC(=O)N2CCN(C(=O)OCc3ccc(NC(=O)[C@H](CCCNC(N)=O)NC(=O)[C@@H](NC(=O)CCCCCN4C(=O)C=CC4=O)C(C)C)cc3)C(CCC(=O)O)C2)/C=C/[C@@H]1C. The van der Waals surface area contributed by atoms with Crippen molar-refractivity contribution in [3.63, 3.8) is 0 Å². The molecule has 9 amide bonds. The lowest BCUT2D eigenvalue weighted by Gasteiger charge is -2.41. The molecule has 0 spiro atoms. The number of anilines is 1. The topological polar surface area (TPSA) is 385 Å². The van der Waals surface area contributed by atoms with Crippen molar-refractivity contribution in [2.45, 2.75) is 211 Å². The second-order valence-corrected chi connectivity index (χ2v) is 25.4. The average molecular weight is 1310 g/mol. The van der Waals surface area contributed by atoms with E-state index in [1.807, 2.05) is 20.8 Å². The van der Waals surface area contributed by atoms with Gasteiger partial charge in [0.2, 0.25) is 17.7 Å². The van der Waals surface area contributed by atoms with Crippen LogP contribution in [-0.4, -0.2) is 201 Å². The van der Waals surface area contributed by atoms with Gasteiger partial charge in [0.25, 0.3) is 11.8 Å². The second kappa shape index (κ2) is 36.1. The number of nitrogens with two attached hydrogens (primary N) is 1. The van der Waals surface area contributed by atoms with E-state index in [0.717, 1.165) is 4.90 Å². The smallest absolute Gasteiger partial charge is 0.410 e. The number of carbonyl (C=O) groups is 10. The summed E-state index contributed by atoms with van der Waals surface area (Å²) in [7, 11) is 1.44. The van der Waals surface area contributed by atoms with Crippen molar-refractivity contribution in [3.05, 3.63) is 77.9 Å². The summed E-state index contributed by atoms with van der Waals surface area (Å²) < 4.78 is 29.7. The van der Waals surface area contributed by atoms with Crippen LogP contribution < -0.4 is 27.0 Å². The van der Waals surface area contributed by atoms with Crippen LogP contribution in [0.1, 0.15) is 144 Å². The molecule has 4 heterocycles. The van der Waals surface area contributed by atoms with Crippen LogP contribution in [0.25, 0.3) is 0 Å². The third-order valence-electron chi connectivity index (χ3n) is 17.3. The molecule has 93 heavy (non-hydrogen) atoms. The molecule has 2 saturated heterocycles. The lowest BCUT2D eigenvalue weighted by atomic mass is 9.88. The zero-order valence-electron chi connectivity index (χ0n) is 55.0. The fourth-order valence-corrected chi connectivity index (χ4v) is 11.3. The number of carboxylic acid groups (broad SMARTS) is 1. The highest BCUT2D eigenvalue weighted by Gasteiger charge is 2.47. The molecular weight excluding hydrogens is 1210 g/mol. The number of cyclic esters (lactones) is 1. The van der Waals surface area contributed by atoms with Crippen LogP contribution in [0.15, 0.2) is 72.4 Å². The van der Waals surface area contributed by atoms with Gasteiger partial charge in [0.1, 0.15) is 30.4 Å². The molecule has 10 N–H and O–H groups in total. The van der Waals surface area contributed by atoms with Crippen LogP contribution in [0.5, 0.6) is 0 Å². The maximum Gasteiger partial charge on any atom is 0.410 e. The Morgan fingerprint density at radius 1 is 0.935 bits per heavy atom. The number of methoxy groups -OCH3 is 1. The minimum atomic E-state index is -1.26. The Kier molecular flexibility index (Phi) is 29.5. The second-order valence-electron chi connectivity index (χ2n) is 25.4. The molecular formula is C66H98N8O19. The van der Waals surface area contributed by atoms with E-state index >= 15 is 0 Å². The molecule has 0 bridgehead atoms. The van der Waals surface area contributed by atoms with Crippen LogP contribution >= 0.6 is 0 Å². The number of aliphatic hydroxyl groups excluding tert-OH is 2. The number of unbranched alkanes of at least 4 members (excludes halogenated alkanes) is 2. The summed E-state index contributed by atoms with van der Waals surface area (Å²) in [6, 6.07) is 2.58. The highest BCUT2D eigenvalue weighted by Crippen LogP contribution is 2.38. The van der Waals surface area contributed by atoms with Gasteiger partial charge in [-0.25, -0.2) is 14.4 Å². The number of nitrogens with one attached hydrogen (secondary N) is 4. The Balaban J connectivity index is 1.20. The highest BCUT2D eigenvalue weighted by atomic mass is 16.6. The molecule has 0 radical (unpaired) electrons. The molecule has 13 atom stereocenters. The fraction of sp³-hybridized carbons (Fsp3) is 0.636. The number of hydrogen-bond donors (Lipinski definition) is 9. The predicted octanol–water partition coefficient (Wildman–Crippen LogP) is 5.05. The number of nitrogens with zero attached hydrogens (tertiary/aromatic N) is 3. The molecule has 5 rings (SSSR count). The monoisotopic (exact) mass is 1310 g/mol. The number of carbonyl (C=O) groups excluding carboxylic acids is 9. The maximum absolute atomic E-state index is 14.3. The number of imide groups is 1. The first kappa shape index (κ1) is 76.0. The molecule has 0 saturated carbocycles. The minimum Gasteiger partial charge on any atom is -0.481 e. The van der Waals surface area contributed by atoms with Crippen LogP contribution in [0.4, 0.5) is 20.1 Å².